The Bertz CT molecular complexity index is 693. The number of halogens is 1. The smallest absolute Gasteiger partial charge is 0.226 e. The minimum atomic E-state index is -0.375. The number of hydrogen-bond acceptors (Lipinski definition) is 2. The fourth-order valence-electron chi connectivity index (χ4n) is 3.16. The number of benzene rings is 1. The summed E-state index contributed by atoms with van der Waals surface area (Å²) in [6.07, 6.45) is 1.31. The second-order valence-electron chi connectivity index (χ2n) is 5.58. The van der Waals surface area contributed by atoms with Crippen LogP contribution in [0, 0.1) is 12.8 Å². The number of aromatic amines is 1. The first-order valence-corrected chi connectivity index (χ1v) is 7.10. The highest BCUT2D eigenvalue weighted by Gasteiger charge is 2.33. The Balaban J connectivity index is 2.27. The van der Waals surface area contributed by atoms with Crippen LogP contribution in [0.2, 0.25) is 5.02 Å². The van der Waals surface area contributed by atoms with E-state index >= 15 is 0 Å². The monoisotopic (exact) mass is 292 g/mol. The van der Waals surface area contributed by atoms with Gasteiger partial charge < -0.3 is 15.8 Å². The van der Waals surface area contributed by atoms with E-state index in [1.54, 1.807) is 0 Å². The fourth-order valence-corrected chi connectivity index (χ4v) is 3.44. The van der Waals surface area contributed by atoms with E-state index in [9.17, 15) is 9.90 Å². The molecular formula is C15H17ClN2O2. The van der Waals surface area contributed by atoms with Gasteiger partial charge in [0.2, 0.25) is 5.91 Å². The number of aryl methyl sites for hydroxylation is 1. The molecule has 20 heavy (non-hydrogen) atoms. The van der Waals surface area contributed by atoms with Gasteiger partial charge in [-0.3, -0.25) is 4.79 Å². The van der Waals surface area contributed by atoms with Gasteiger partial charge in [-0.05, 0) is 42.9 Å². The average Bonchev–Trinajstić information content (AvgIpc) is 2.80. The van der Waals surface area contributed by atoms with Crippen LogP contribution in [0.15, 0.2) is 12.1 Å². The number of primary amides is 1. The molecule has 2 atom stereocenters. The maximum Gasteiger partial charge on any atom is 0.226 e. The first-order chi connectivity index (χ1) is 9.52. The van der Waals surface area contributed by atoms with Gasteiger partial charge in [0.25, 0.3) is 0 Å². The molecule has 4 nitrogen and oxygen atoms in total. The molecule has 1 aliphatic carbocycles. The molecule has 0 spiro atoms. The summed E-state index contributed by atoms with van der Waals surface area (Å²) in [5, 5.41) is 11.1. The number of rotatable bonds is 2. The number of fused-ring (bicyclic) bond motifs is 3. The lowest BCUT2D eigenvalue weighted by Gasteiger charge is -2.26. The number of H-pyrrole nitrogens is 1. The second kappa shape index (κ2) is 4.79. The SMILES string of the molecule is Cc1ccc2[nH]c3c(c2c1Cl)CC(CO)CC3C(N)=O. The lowest BCUT2D eigenvalue weighted by molar-refractivity contribution is -0.120. The zero-order valence-corrected chi connectivity index (χ0v) is 12.0. The molecule has 0 bridgehead atoms. The zero-order valence-electron chi connectivity index (χ0n) is 11.2. The predicted octanol–water partition coefficient (Wildman–Crippen LogP) is 2.25. The third-order valence-corrected chi connectivity index (χ3v) is 4.73. The third-order valence-electron chi connectivity index (χ3n) is 4.24. The Kier molecular flexibility index (Phi) is 3.22. The van der Waals surface area contributed by atoms with Crippen molar-refractivity contribution in [2.45, 2.75) is 25.7 Å². The van der Waals surface area contributed by atoms with E-state index in [1.165, 1.54) is 0 Å². The lowest BCUT2D eigenvalue weighted by Crippen LogP contribution is -2.30. The Hall–Kier alpha value is -1.52. The first-order valence-electron chi connectivity index (χ1n) is 6.72. The second-order valence-corrected chi connectivity index (χ2v) is 5.96. The molecule has 1 aromatic heterocycles. The molecule has 1 amide bonds. The van der Waals surface area contributed by atoms with Gasteiger partial charge in [-0.1, -0.05) is 17.7 Å². The summed E-state index contributed by atoms with van der Waals surface area (Å²) in [5.41, 5.74) is 9.34. The Morgan fingerprint density at radius 3 is 2.95 bits per heavy atom. The van der Waals surface area contributed by atoms with Crippen molar-refractivity contribution in [3.8, 4) is 0 Å². The Morgan fingerprint density at radius 1 is 1.55 bits per heavy atom. The van der Waals surface area contributed by atoms with Crippen LogP contribution in [-0.2, 0) is 11.2 Å². The largest absolute Gasteiger partial charge is 0.396 e. The molecule has 1 aliphatic rings. The molecular weight excluding hydrogens is 276 g/mol. The van der Waals surface area contributed by atoms with Crippen molar-refractivity contribution in [1.29, 1.82) is 0 Å². The minimum absolute atomic E-state index is 0.0515. The third kappa shape index (κ3) is 1.91. The summed E-state index contributed by atoms with van der Waals surface area (Å²) in [5.74, 6) is -0.681. The van der Waals surface area contributed by atoms with Gasteiger partial charge in [0.05, 0.1) is 10.9 Å². The van der Waals surface area contributed by atoms with E-state index in [4.69, 9.17) is 17.3 Å². The number of nitrogens with two attached hydrogens (primary N) is 1. The van der Waals surface area contributed by atoms with E-state index in [0.717, 1.165) is 34.1 Å². The average molecular weight is 293 g/mol. The fraction of sp³-hybridized carbons (Fsp3) is 0.400. The van der Waals surface area contributed by atoms with Crippen LogP contribution in [0.4, 0.5) is 0 Å². The van der Waals surface area contributed by atoms with Crippen molar-refractivity contribution in [2.75, 3.05) is 6.61 Å². The van der Waals surface area contributed by atoms with E-state index in [-0.39, 0.29) is 24.3 Å². The number of aliphatic hydroxyl groups is 1. The zero-order chi connectivity index (χ0) is 14.4. The van der Waals surface area contributed by atoms with Crippen molar-refractivity contribution in [1.82, 2.24) is 4.98 Å². The van der Waals surface area contributed by atoms with Crippen molar-refractivity contribution < 1.29 is 9.90 Å². The normalized spacial score (nSPS) is 21.9. The molecule has 2 aromatic rings. The molecule has 3 rings (SSSR count). The van der Waals surface area contributed by atoms with Crippen molar-refractivity contribution >= 4 is 28.4 Å². The molecule has 0 fully saturated rings. The summed E-state index contributed by atoms with van der Waals surface area (Å²) in [6.45, 7) is 2.01. The quantitative estimate of drug-likeness (QED) is 0.794. The number of carbonyl (C=O) groups is 1. The van der Waals surface area contributed by atoms with Crippen molar-refractivity contribution in [3.63, 3.8) is 0 Å². The number of hydrogen-bond donors (Lipinski definition) is 3. The van der Waals surface area contributed by atoms with Gasteiger partial charge in [0.15, 0.2) is 0 Å². The molecule has 0 saturated heterocycles. The summed E-state index contributed by atoms with van der Waals surface area (Å²) < 4.78 is 0. The van der Waals surface area contributed by atoms with Crippen molar-refractivity contribution in [2.24, 2.45) is 11.7 Å². The standard InChI is InChI=1S/C15H17ClN2O2/c1-7-2-3-11-12(13(7)16)9-4-8(6-19)5-10(15(17)20)14(9)18-11/h2-3,8,10,18-19H,4-6H2,1H3,(H2,17,20). The molecule has 5 heteroatoms. The van der Waals surface area contributed by atoms with Crippen LogP contribution in [0.3, 0.4) is 0 Å². The predicted molar refractivity (Wildman–Crippen MR) is 78.9 cm³/mol. The molecule has 1 aromatic carbocycles. The maximum absolute atomic E-state index is 11.7. The summed E-state index contributed by atoms with van der Waals surface area (Å²) in [6, 6.07) is 3.93. The van der Waals surface area contributed by atoms with E-state index in [1.807, 2.05) is 19.1 Å². The van der Waals surface area contributed by atoms with E-state index < -0.39 is 0 Å². The highest BCUT2D eigenvalue weighted by Crippen LogP contribution is 2.41. The Morgan fingerprint density at radius 2 is 2.30 bits per heavy atom. The number of aliphatic hydroxyl groups excluding tert-OH is 1. The minimum Gasteiger partial charge on any atom is -0.396 e. The summed E-state index contributed by atoms with van der Waals surface area (Å²) >= 11 is 6.42. The molecule has 2 unspecified atom stereocenters. The molecule has 4 N–H and O–H groups in total. The number of carbonyl (C=O) groups excluding carboxylic acids is 1. The van der Waals surface area contributed by atoms with Gasteiger partial charge in [-0.15, -0.1) is 0 Å². The van der Waals surface area contributed by atoms with Crippen LogP contribution in [0.1, 0.15) is 29.2 Å². The van der Waals surface area contributed by atoms with Crippen LogP contribution in [0.5, 0.6) is 0 Å². The van der Waals surface area contributed by atoms with E-state index in [2.05, 4.69) is 4.98 Å². The molecule has 1 heterocycles. The first kappa shape index (κ1) is 13.5. The van der Waals surface area contributed by atoms with Gasteiger partial charge in [-0.2, -0.15) is 0 Å². The van der Waals surface area contributed by atoms with Gasteiger partial charge in [0.1, 0.15) is 0 Å². The summed E-state index contributed by atoms with van der Waals surface area (Å²) in [4.78, 5) is 15.0. The highest BCUT2D eigenvalue weighted by atomic mass is 35.5. The van der Waals surface area contributed by atoms with Gasteiger partial charge in [0, 0.05) is 23.2 Å². The van der Waals surface area contributed by atoms with Gasteiger partial charge in [-0.25, -0.2) is 0 Å². The molecule has 0 saturated carbocycles. The highest BCUT2D eigenvalue weighted by molar-refractivity contribution is 6.36. The van der Waals surface area contributed by atoms with Crippen LogP contribution in [0.25, 0.3) is 10.9 Å². The van der Waals surface area contributed by atoms with Crippen LogP contribution < -0.4 is 5.73 Å². The molecule has 106 valence electrons. The van der Waals surface area contributed by atoms with E-state index in [0.29, 0.717) is 11.4 Å². The number of nitrogens with one attached hydrogen (secondary N) is 1. The molecule has 0 aliphatic heterocycles. The van der Waals surface area contributed by atoms with Crippen LogP contribution in [-0.4, -0.2) is 22.6 Å². The topological polar surface area (TPSA) is 79.1 Å². The van der Waals surface area contributed by atoms with Crippen molar-refractivity contribution in [3.05, 3.63) is 34.0 Å². The van der Waals surface area contributed by atoms with Gasteiger partial charge >= 0.3 is 0 Å². The number of amides is 1. The molecule has 0 radical (unpaired) electrons. The Labute approximate surface area is 121 Å². The summed E-state index contributed by atoms with van der Waals surface area (Å²) in [7, 11) is 0. The number of aromatic nitrogens is 1. The maximum atomic E-state index is 11.7. The van der Waals surface area contributed by atoms with Crippen LogP contribution >= 0.6 is 11.6 Å². The lowest BCUT2D eigenvalue weighted by atomic mass is 9.79.